The molecule has 0 saturated carbocycles. The Morgan fingerprint density at radius 1 is 1.05 bits per heavy atom. The van der Waals surface area contributed by atoms with Crippen LogP contribution in [0, 0.1) is 0 Å². The normalized spacial score (nSPS) is 11.5. The average molecular weight is 300 g/mol. The van der Waals surface area contributed by atoms with Gasteiger partial charge in [0.25, 0.3) is 0 Å². The summed E-state index contributed by atoms with van der Waals surface area (Å²) in [6.45, 7) is 1.72. The predicted octanol–water partition coefficient (Wildman–Crippen LogP) is 3.31. The van der Waals surface area contributed by atoms with Crippen molar-refractivity contribution in [2.24, 2.45) is 0 Å². The van der Waals surface area contributed by atoms with Crippen LogP contribution in [-0.2, 0) is 4.74 Å². The number of carbonyl (C=O) groups excluding carboxylic acids is 1. The van der Waals surface area contributed by atoms with E-state index in [1.807, 2.05) is 6.07 Å². The van der Waals surface area contributed by atoms with Gasteiger partial charge in [0.1, 0.15) is 11.9 Å². The Labute approximate surface area is 128 Å². The van der Waals surface area contributed by atoms with Gasteiger partial charge >= 0.3 is 11.9 Å². The van der Waals surface area contributed by atoms with Crippen LogP contribution in [0.4, 0.5) is 0 Å². The van der Waals surface area contributed by atoms with Crippen molar-refractivity contribution >= 4 is 11.9 Å². The Hall–Kier alpha value is -2.82. The number of hydrogen-bond acceptors (Lipinski definition) is 4. The van der Waals surface area contributed by atoms with Gasteiger partial charge in [-0.1, -0.05) is 24.3 Å². The van der Waals surface area contributed by atoms with E-state index in [1.165, 1.54) is 12.1 Å². The van der Waals surface area contributed by atoms with Crippen LogP contribution in [0.5, 0.6) is 5.75 Å². The summed E-state index contributed by atoms with van der Waals surface area (Å²) in [5.74, 6) is -1.18. The van der Waals surface area contributed by atoms with Crippen molar-refractivity contribution in [3.05, 3.63) is 65.2 Å². The number of rotatable bonds is 5. The van der Waals surface area contributed by atoms with Crippen LogP contribution in [0.1, 0.15) is 39.3 Å². The summed E-state index contributed by atoms with van der Waals surface area (Å²) in [7, 11) is 1.55. The van der Waals surface area contributed by atoms with Crippen molar-refractivity contribution in [2.45, 2.75) is 13.0 Å². The molecule has 0 aliphatic heterocycles. The molecule has 0 radical (unpaired) electrons. The molecule has 0 aliphatic carbocycles. The fraction of sp³-hybridized carbons (Fsp3) is 0.176. The molecule has 2 aromatic rings. The van der Waals surface area contributed by atoms with E-state index < -0.39 is 18.0 Å². The first-order valence-electron chi connectivity index (χ1n) is 6.70. The molecule has 1 atom stereocenters. The Bertz CT molecular complexity index is 693. The van der Waals surface area contributed by atoms with Crippen molar-refractivity contribution in [1.82, 2.24) is 0 Å². The molecule has 1 N–H and O–H groups in total. The highest BCUT2D eigenvalue weighted by Gasteiger charge is 2.19. The number of ether oxygens (including phenoxy) is 2. The number of benzene rings is 2. The minimum Gasteiger partial charge on any atom is -0.497 e. The summed E-state index contributed by atoms with van der Waals surface area (Å²) in [4.78, 5) is 23.3. The van der Waals surface area contributed by atoms with E-state index >= 15 is 0 Å². The molecule has 0 bridgehead atoms. The molecule has 0 fully saturated rings. The van der Waals surface area contributed by atoms with Crippen LogP contribution in [-0.4, -0.2) is 24.2 Å². The summed E-state index contributed by atoms with van der Waals surface area (Å²) in [5, 5.41) is 9.11. The van der Waals surface area contributed by atoms with Gasteiger partial charge in [-0.15, -0.1) is 0 Å². The maximum Gasteiger partial charge on any atom is 0.339 e. The standard InChI is InChI=1S/C17H16O5/c1-11(12-6-5-7-13(10-12)21-2)22-17(20)15-9-4-3-8-14(15)16(18)19/h3-11H,1-2H3,(H,18,19)/t11-/m1/s1. The van der Waals surface area contributed by atoms with Gasteiger partial charge in [-0.05, 0) is 36.8 Å². The second kappa shape index (κ2) is 6.76. The zero-order valence-corrected chi connectivity index (χ0v) is 12.3. The highest BCUT2D eigenvalue weighted by molar-refractivity contribution is 6.02. The van der Waals surface area contributed by atoms with E-state index in [0.717, 1.165) is 5.56 Å². The molecule has 0 amide bonds. The van der Waals surface area contributed by atoms with Crippen LogP contribution in [0.2, 0.25) is 0 Å². The third kappa shape index (κ3) is 3.44. The third-order valence-electron chi connectivity index (χ3n) is 3.22. The van der Waals surface area contributed by atoms with Gasteiger partial charge < -0.3 is 14.6 Å². The molecular weight excluding hydrogens is 284 g/mol. The minimum absolute atomic E-state index is 0.0322. The van der Waals surface area contributed by atoms with Crippen molar-refractivity contribution in [2.75, 3.05) is 7.11 Å². The lowest BCUT2D eigenvalue weighted by Gasteiger charge is -2.15. The predicted molar refractivity (Wildman–Crippen MR) is 80.2 cm³/mol. The van der Waals surface area contributed by atoms with Crippen molar-refractivity contribution < 1.29 is 24.2 Å². The average Bonchev–Trinajstić information content (AvgIpc) is 2.54. The lowest BCUT2D eigenvalue weighted by atomic mass is 10.1. The highest BCUT2D eigenvalue weighted by atomic mass is 16.5. The molecule has 2 rings (SSSR count). The first-order chi connectivity index (χ1) is 10.5. The maximum absolute atomic E-state index is 12.2. The van der Waals surface area contributed by atoms with E-state index in [9.17, 15) is 9.59 Å². The van der Waals surface area contributed by atoms with E-state index in [0.29, 0.717) is 5.75 Å². The quantitative estimate of drug-likeness (QED) is 0.858. The van der Waals surface area contributed by atoms with Crippen molar-refractivity contribution in [3.8, 4) is 5.75 Å². The van der Waals surface area contributed by atoms with Crippen LogP contribution in [0.25, 0.3) is 0 Å². The van der Waals surface area contributed by atoms with Gasteiger partial charge in [-0.3, -0.25) is 0 Å². The van der Waals surface area contributed by atoms with Gasteiger partial charge in [-0.25, -0.2) is 9.59 Å². The molecule has 0 aromatic heterocycles. The summed E-state index contributed by atoms with van der Waals surface area (Å²) < 4.78 is 10.5. The largest absolute Gasteiger partial charge is 0.497 e. The summed E-state index contributed by atoms with van der Waals surface area (Å²) in [6, 6.07) is 13.1. The first kappa shape index (κ1) is 15.6. The third-order valence-corrected chi connectivity index (χ3v) is 3.22. The molecule has 0 saturated heterocycles. The smallest absolute Gasteiger partial charge is 0.339 e. The van der Waals surface area contributed by atoms with Crippen LogP contribution in [0.15, 0.2) is 48.5 Å². The molecular formula is C17H16O5. The lowest BCUT2D eigenvalue weighted by molar-refractivity contribution is 0.0331. The Morgan fingerprint density at radius 2 is 1.73 bits per heavy atom. The van der Waals surface area contributed by atoms with Crippen LogP contribution in [0.3, 0.4) is 0 Å². The number of methoxy groups -OCH3 is 1. The van der Waals surface area contributed by atoms with Crippen LogP contribution >= 0.6 is 0 Å². The zero-order valence-electron chi connectivity index (χ0n) is 12.3. The van der Waals surface area contributed by atoms with E-state index in [-0.39, 0.29) is 11.1 Å². The number of hydrogen-bond donors (Lipinski definition) is 1. The molecule has 2 aromatic carbocycles. The first-order valence-corrected chi connectivity index (χ1v) is 6.70. The Balaban J connectivity index is 2.19. The van der Waals surface area contributed by atoms with E-state index in [2.05, 4.69) is 0 Å². The van der Waals surface area contributed by atoms with E-state index in [1.54, 1.807) is 44.4 Å². The SMILES string of the molecule is COc1cccc([C@@H](C)OC(=O)c2ccccc2C(=O)O)c1. The van der Waals surface area contributed by atoms with Crippen LogP contribution < -0.4 is 4.74 Å². The number of carboxylic acid groups (broad SMARTS) is 1. The fourth-order valence-electron chi connectivity index (χ4n) is 2.03. The lowest BCUT2D eigenvalue weighted by Crippen LogP contribution is -2.13. The van der Waals surface area contributed by atoms with Gasteiger partial charge in [0.15, 0.2) is 0 Å². The summed E-state index contributed by atoms with van der Waals surface area (Å²) in [5.41, 5.74) is 0.718. The van der Waals surface area contributed by atoms with E-state index in [4.69, 9.17) is 14.6 Å². The molecule has 22 heavy (non-hydrogen) atoms. The molecule has 114 valence electrons. The number of aromatic carboxylic acids is 1. The van der Waals surface area contributed by atoms with Gasteiger partial charge in [0.05, 0.1) is 18.2 Å². The summed E-state index contributed by atoms with van der Waals surface area (Å²) >= 11 is 0. The second-order valence-corrected chi connectivity index (χ2v) is 4.67. The number of carbonyl (C=O) groups is 2. The summed E-state index contributed by atoms with van der Waals surface area (Å²) in [6.07, 6.45) is -0.524. The fourth-order valence-corrected chi connectivity index (χ4v) is 2.03. The zero-order chi connectivity index (χ0) is 16.1. The number of esters is 1. The Morgan fingerprint density at radius 3 is 2.36 bits per heavy atom. The molecule has 5 nitrogen and oxygen atoms in total. The van der Waals surface area contributed by atoms with Crippen molar-refractivity contribution in [3.63, 3.8) is 0 Å². The van der Waals surface area contributed by atoms with Crippen molar-refractivity contribution in [1.29, 1.82) is 0 Å². The topological polar surface area (TPSA) is 72.8 Å². The number of carboxylic acids is 1. The second-order valence-electron chi connectivity index (χ2n) is 4.67. The molecule has 0 unspecified atom stereocenters. The maximum atomic E-state index is 12.2. The molecule has 0 aliphatic rings. The minimum atomic E-state index is -1.17. The highest BCUT2D eigenvalue weighted by Crippen LogP contribution is 2.23. The molecule has 0 heterocycles. The van der Waals surface area contributed by atoms with Gasteiger partial charge in [0.2, 0.25) is 0 Å². The monoisotopic (exact) mass is 300 g/mol. The molecule has 5 heteroatoms. The molecule has 0 spiro atoms. The van der Waals surface area contributed by atoms with Gasteiger partial charge in [0, 0.05) is 0 Å². The van der Waals surface area contributed by atoms with Gasteiger partial charge in [-0.2, -0.15) is 0 Å². The Kier molecular flexibility index (Phi) is 4.78.